The summed E-state index contributed by atoms with van der Waals surface area (Å²) in [5.74, 6) is -5.77. The molecule has 0 radical (unpaired) electrons. The van der Waals surface area contributed by atoms with Gasteiger partial charge in [-0.3, -0.25) is 29.0 Å². The summed E-state index contributed by atoms with van der Waals surface area (Å²) in [7, 11) is 2.27. The zero-order valence-electron chi connectivity index (χ0n) is 10.9. The van der Waals surface area contributed by atoms with E-state index in [1.165, 1.54) is 0 Å². The van der Waals surface area contributed by atoms with Crippen LogP contribution in [0.4, 0.5) is 0 Å². The average molecular weight is 292 g/mol. The Morgan fingerprint density at radius 3 is 1.15 bits per heavy atom. The molecule has 114 valence electrons. The number of nitrogens with zero attached hydrogens (tertiary/aromatic N) is 2. The first-order valence-electron chi connectivity index (χ1n) is 5.37. The van der Waals surface area contributed by atoms with Gasteiger partial charge in [0.25, 0.3) is 0 Å². The van der Waals surface area contributed by atoms with E-state index in [2.05, 4.69) is 0 Å². The Morgan fingerprint density at radius 1 is 0.750 bits per heavy atom. The number of carboxylic acid groups (broad SMARTS) is 4. The van der Waals surface area contributed by atoms with Gasteiger partial charge >= 0.3 is 23.9 Å². The summed E-state index contributed by atoms with van der Waals surface area (Å²) >= 11 is 0. The molecule has 10 nitrogen and oxygen atoms in total. The minimum Gasteiger partial charge on any atom is -0.480 e. The molecule has 0 aromatic rings. The van der Waals surface area contributed by atoms with E-state index in [1.54, 1.807) is 0 Å². The summed E-state index contributed by atoms with van der Waals surface area (Å²) in [4.78, 5) is 45.2. The third-order valence-electron chi connectivity index (χ3n) is 2.52. The zero-order chi connectivity index (χ0) is 16.0. The molecule has 0 rings (SSSR count). The minimum atomic E-state index is -1.70. The van der Waals surface area contributed by atoms with Crippen LogP contribution in [0.5, 0.6) is 0 Å². The van der Waals surface area contributed by atoms with Crippen LogP contribution in [0.1, 0.15) is 0 Å². The Labute approximate surface area is 113 Å². The van der Waals surface area contributed by atoms with Gasteiger partial charge in [-0.25, -0.2) is 0 Å². The molecular weight excluding hydrogens is 276 g/mol. The molecule has 2 atom stereocenters. The number of likely N-dealkylation sites (N-methyl/N-ethyl adjacent to an activating group) is 2. The van der Waals surface area contributed by atoms with Crippen molar-refractivity contribution >= 4 is 23.9 Å². The number of carboxylic acids is 4. The Balaban J connectivity index is 5.34. The largest absolute Gasteiger partial charge is 0.480 e. The van der Waals surface area contributed by atoms with Gasteiger partial charge < -0.3 is 20.4 Å². The number of hydrogen-bond donors (Lipinski definition) is 4. The Bertz CT molecular complexity index is 372. The molecule has 2 unspecified atom stereocenters. The van der Waals surface area contributed by atoms with Crippen LogP contribution in [0.25, 0.3) is 0 Å². The summed E-state index contributed by atoms with van der Waals surface area (Å²) in [5, 5.41) is 35.4. The molecule has 0 aliphatic heterocycles. The van der Waals surface area contributed by atoms with Crippen molar-refractivity contribution in [3.63, 3.8) is 0 Å². The minimum absolute atomic E-state index is 0.693. The standard InChI is InChI=1S/C10H16N2O8/c1-11(3-5(13)14)7(9(17)18)8(10(19)20)12(2)4-6(15)16/h7-8H,3-4H2,1-2H3,(H,13,14)(H,15,16)(H,17,18)(H,19,20). The van der Waals surface area contributed by atoms with Crippen LogP contribution in [-0.2, 0) is 19.2 Å². The van der Waals surface area contributed by atoms with E-state index in [4.69, 9.17) is 20.4 Å². The summed E-state index contributed by atoms with van der Waals surface area (Å²) in [6.45, 7) is -1.39. The van der Waals surface area contributed by atoms with E-state index < -0.39 is 49.1 Å². The Kier molecular flexibility index (Phi) is 6.59. The molecule has 0 heterocycles. The Hall–Kier alpha value is -2.20. The molecule has 0 fully saturated rings. The van der Waals surface area contributed by atoms with Crippen LogP contribution in [0, 0.1) is 0 Å². The van der Waals surface area contributed by atoms with Gasteiger partial charge in [-0.1, -0.05) is 0 Å². The van der Waals surface area contributed by atoms with E-state index in [0.717, 1.165) is 23.9 Å². The molecule has 10 heteroatoms. The van der Waals surface area contributed by atoms with Crippen molar-refractivity contribution in [2.75, 3.05) is 27.2 Å². The SMILES string of the molecule is CN(CC(=O)O)C(C(=O)O)C(C(=O)O)N(C)CC(=O)O. The van der Waals surface area contributed by atoms with E-state index in [1.807, 2.05) is 0 Å². The molecule has 0 aliphatic rings. The van der Waals surface area contributed by atoms with Gasteiger partial charge in [-0.05, 0) is 14.1 Å². The second kappa shape index (κ2) is 7.40. The maximum atomic E-state index is 11.2. The predicted molar refractivity (Wildman–Crippen MR) is 63.4 cm³/mol. The van der Waals surface area contributed by atoms with E-state index in [-0.39, 0.29) is 0 Å². The summed E-state index contributed by atoms with van der Waals surface area (Å²) < 4.78 is 0. The molecule has 0 spiro atoms. The fourth-order valence-corrected chi connectivity index (χ4v) is 1.75. The fourth-order valence-electron chi connectivity index (χ4n) is 1.75. The highest BCUT2D eigenvalue weighted by Gasteiger charge is 2.40. The van der Waals surface area contributed by atoms with Crippen LogP contribution in [0.3, 0.4) is 0 Å². The zero-order valence-corrected chi connectivity index (χ0v) is 10.9. The van der Waals surface area contributed by atoms with E-state index in [9.17, 15) is 19.2 Å². The molecule has 0 bridgehead atoms. The molecule has 0 saturated heterocycles. The summed E-state index contributed by atoms with van der Waals surface area (Å²) in [6, 6.07) is -3.40. The van der Waals surface area contributed by atoms with Gasteiger partial charge in [0.2, 0.25) is 0 Å². The molecule has 20 heavy (non-hydrogen) atoms. The number of hydrogen-bond acceptors (Lipinski definition) is 6. The summed E-state index contributed by atoms with van der Waals surface area (Å²) in [5.41, 5.74) is 0. The van der Waals surface area contributed by atoms with Crippen LogP contribution in [0.15, 0.2) is 0 Å². The van der Waals surface area contributed by atoms with E-state index >= 15 is 0 Å². The fraction of sp³-hybridized carbons (Fsp3) is 0.600. The predicted octanol–water partition coefficient (Wildman–Crippen LogP) is -2.07. The van der Waals surface area contributed by atoms with Gasteiger partial charge in [0, 0.05) is 0 Å². The van der Waals surface area contributed by atoms with Gasteiger partial charge in [0.05, 0.1) is 13.1 Å². The molecule has 0 aromatic carbocycles. The molecular formula is C10H16N2O8. The van der Waals surface area contributed by atoms with Gasteiger partial charge in [-0.15, -0.1) is 0 Å². The topological polar surface area (TPSA) is 156 Å². The summed E-state index contributed by atoms with van der Waals surface area (Å²) in [6.07, 6.45) is 0. The maximum Gasteiger partial charge on any atom is 0.323 e. The first kappa shape index (κ1) is 17.8. The van der Waals surface area contributed by atoms with Gasteiger partial charge in [0.1, 0.15) is 12.1 Å². The molecule has 0 aliphatic carbocycles. The lowest BCUT2D eigenvalue weighted by molar-refractivity contribution is -0.159. The van der Waals surface area contributed by atoms with Crippen molar-refractivity contribution < 1.29 is 39.6 Å². The number of aliphatic carboxylic acids is 4. The van der Waals surface area contributed by atoms with Crippen molar-refractivity contribution in [2.24, 2.45) is 0 Å². The van der Waals surface area contributed by atoms with Crippen LogP contribution < -0.4 is 0 Å². The van der Waals surface area contributed by atoms with Gasteiger partial charge in [-0.2, -0.15) is 0 Å². The number of rotatable bonds is 9. The first-order valence-corrected chi connectivity index (χ1v) is 5.37. The van der Waals surface area contributed by atoms with Gasteiger partial charge in [0.15, 0.2) is 0 Å². The van der Waals surface area contributed by atoms with Crippen LogP contribution in [0.2, 0.25) is 0 Å². The Morgan fingerprint density at radius 2 is 1.00 bits per heavy atom. The number of carbonyl (C=O) groups is 4. The lowest BCUT2D eigenvalue weighted by Gasteiger charge is -2.32. The second-order valence-corrected chi connectivity index (χ2v) is 4.18. The normalized spacial score (nSPS) is 14.0. The molecule has 0 amide bonds. The van der Waals surface area contributed by atoms with E-state index in [0.29, 0.717) is 0 Å². The maximum absolute atomic E-state index is 11.2. The van der Waals surface area contributed by atoms with Crippen molar-refractivity contribution in [1.82, 2.24) is 9.80 Å². The van der Waals surface area contributed by atoms with Crippen LogP contribution >= 0.6 is 0 Å². The third-order valence-corrected chi connectivity index (χ3v) is 2.52. The second-order valence-electron chi connectivity index (χ2n) is 4.18. The van der Waals surface area contributed by atoms with Crippen molar-refractivity contribution in [1.29, 1.82) is 0 Å². The third kappa shape index (κ3) is 5.20. The molecule has 0 saturated carbocycles. The highest BCUT2D eigenvalue weighted by atomic mass is 16.4. The van der Waals surface area contributed by atoms with Crippen LogP contribution in [-0.4, -0.2) is 93.4 Å². The lowest BCUT2D eigenvalue weighted by atomic mass is 10.1. The molecule has 4 N–H and O–H groups in total. The highest BCUT2D eigenvalue weighted by molar-refractivity contribution is 5.86. The van der Waals surface area contributed by atoms with Crippen molar-refractivity contribution in [2.45, 2.75) is 12.1 Å². The highest BCUT2D eigenvalue weighted by Crippen LogP contribution is 2.10. The average Bonchev–Trinajstić information content (AvgIpc) is 2.21. The first-order chi connectivity index (χ1) is 9.07. The van der Waals surface area contributed by atoms with Crippen molar-refractivity contribution in [3.8, 4) is 0 Å². The van der Waals surface area contributed by atoms with Crippen molar-refractivity contribution in [3.05, 3.63) is 0 Å². The monoisotopic (exact) mass is 292 g/mol. The lowest BCUT2D eigenvalue weighted by Crippen LogP contribution is -2.58. The quantitative estimate of drug-likeness (QED) is 0.372. The molecule has 0 aromatic heterocycles. The smallest absolute Gasteiger partial charge is 0.323 e.